The Balaban J connectivity index is 1.71. The zero-order chi connectivity index (χ0) is 14.8. The van der Waals surface area contributed by atoms with E-state index in [1.807, 2.05) is 36.5 Å². The quantitative estimate of drug-likeness (QED) is 0.781. The second kappa shape index (κ2) is 5.72. The second-order valence-electron chi connectivity index (χ2n) is 4.77. The number of anilines is 2. The molecule has 1 saturated heterocycles. The van der Waals surface area contributed by atoms with Crippen LogP contribution in [-0.2, 0) is 11.8 Å². The first-order valence-corrected chi connectivity index (χ1v) is 7.81. The summed E-state index contributed by atoms with van der Waals surface area (Å²) < 4.78 is 1.70. The molecular weight excluding hydrogens is 288 g/mol. The summed E-state index contributed by atoms with van der Waals surface area (Å²) in [7, 11) is 1.84. The molecule has 1 aliphatic heterocycles. The lowest BCUT2D eigenvalue weighted by atomic mass is 10.3. The van der Waals surface area contributed by atoms with Gasteiger partial charge >= 0.3 is 0 Å². The van der Waals surface area contributed by atoms with Crippen LogP contribution >= 0.6 is 11.8 Å². The summed E-state index contributed by atoms with van der Waals surface area (Å²) in [5, 5.41) is 13.3. The van der Waals surface area contributed by atoms with E-state index in [4.69, 9.17) is 0 Å². The van der Waals surface area contributed by atoms with Gasteiger partial charge in [0.15, 0.2) is 5.82 Å². The highest BCUT2D eigenvalue weighted by Gasteiger charge is 2.26. The van der Waals surface area contributed by atoms with Crippen LogP contribution in [0.4, 0.5) is 11.5 Å². The van der Waals surface area contributed by atoms with Crippen molar-refractivity contribution in [1.29, 1.82) is 0 Å². The van der Waals surface area contributed by atoms with E-state index in [-0.39, 0.29) is 5.91 Å². The molecule has 2 aromatic rings. The standard InChI is InChI=1S/C13H16N6OS/c1-17-8-10(7-14-17)19-6-5-18(9-13(19)20)11-3-4-12(21-2)16-15-11/h3-4,7-8H,5-6,9H2,1-2H3. The summed E-state index contributed by atoms with van der Waals surface area (Å²) in [5.41, 5.74) is 0.839. The number of aromatic nitrogens is 4. The molecule has 0 radical (unpaired) electrons. The summed E-state index contributed by atoms with van der Waals surface area (Å²) in [6, 6.07) is 3.83. The van der Waals surface area contributed by atoms with Gasteiger partial charge in [-0.3, -0.25) is 9.48 Å². The van der Waals surface area contributed by atoms with Crippen molar-refractivity contribution in [3.8, 4) is 0 Å². The summed E-state index contributed by atoms with van der Waals surface area (Å²) in [5.74, 6) is 0.789. The fourth-order valence-electron chi connectivity index (χ4n) is 2.28. The summed E-state index contributed by atoms with van der Waals surface area (Å²) in [6.07, 6.45) is 5.52. The average molecular weight is 304 g/mol. The van der Waals surface area contributed by atoms with Crippen molar-refractivity contribution in [3.63, 3.8) is 0 Å². The van der Waals surface area contributed by atoms with Crippen LogP contribution in [0.25, 0.3) is 0 Å². The topological polar surface area (TPSA) is 67.2 Å². The number of rotatable bonds is 3. The summed E-state index contributed by atoms with van der Waals surface area (Å²) in [6.45, 7) is 1.66. The molecule has 110 valence electrons. The van der Waals surface area contributed by atoms with Crippen molar-refractivity contribution in [2.75, 3.05) is 35.7 Å². The number of hydrogen-bond donors (Lipinski definition) is 0. The first-order valence-electron chi connectivity index (χ1n) is 6.59. The molecular formula is C13H16N6OS. The van der Waals surface area contributed by atoms with Crippen molar-refractivity contribution in [1.82, 2.24) is 20.0 Å². The van der Waals surface area contributed by atoms with E-state index >= 15 is 0 Å². The number of aryl methyl sites for hydroxylation is 1. The lowest BCUT2D eigenvalue weighted by Crippen LogP contribution is -2.50. The van der Waals surface area contributed by atoms with Crippen LogP contribution in [0.1, 0.15) is 0 Å². The maximum atomic E-state index is 12.3. The first kappa shape index (κ1) is 13.9. The summed E-state index contributed by atoms with van der Waals surface area (Å²) >= 11 is 1.55. The summed E-state index contributed by atoms with van der Waals surface area (Å²) in [4.78, 5) is 16.0. The number of thioether (sulfide) groups is 1. The van der Waals surface area contributed by atoms with Crippen LogP contribution in [0.5, 0.6) is 0 Å². The second-order valence-corrected chi connectivity index (χ2v) is 5.60. The number of amides is 1. The van der Waals surface area contributed by atoms with Crippen molar-refractivity contribution in [3.05, 3.63) is 24.5 Å². The van der Waals surface area contributed by atoms with Crippen molar-refractivity contribution < 1.29 is 4.79 Å². The Morgan fingerprint density at radius 3 is 2.67 bits per heavy atom. The van der Waals surface area contributed by atoms with Crippen LogP contribution in [-0.4, -0.2) is 51.8 Å². The normalized spacial score (nSPS) is 15.6. The molecule has 1 amide bonds. The smallest absolute Gasteiger partial charge is 0.246 e. The monoisotopic (exact) mass is 304 g/mol. The molecule has 0 saturated carbocycles. The lowest BCUT2D eigenvalue weighted by Gasteiger charge is -2.33. The fourth-order valence-corrected chi connectivity index (χ4v) is 2.61. The third kappa shape index (κ3) is 2.85. The Morgan fingerprint density at radius 1 is 1.24 bits per heavy atom. The van der Waals surface area contributed by atoms with Crippen molar-refractivity contribution in [2.24, 2.45) is 7.05 Å². The Morgan fingerprint density at radius 2 is 2.10 bits per heavy atom. The van der Waals surface area contributed by atoms with Crippen LogP contribution in [0.15, 0.2) is 29.6 Å². The van der Waals surface area contributed by atoms with Gasteiger partial charge in [-0.25, -0.2) is 0 Å². The van der Waals surface area contributed by atoms with Gasteiger partial charge in [0, 0.05) is 26.3 Å². The predicted octanol–water partition coefficient (Wildman–Crippen LogP) is 0.785. The molecule has 0 aliphatic carbocycles. The molecule has 2 aromatic heterocycles. The largest absolute Gasteiger partial charge is 0.344 e. The molecule has 3 rings (SSSR count). The van der Waals surface area contributed by atoms with E-state index in [1.165, 1.54) is 0 Å². The minimum atomic E-state index is 0.0463. The molecule has 8 heteroatoms. The predicted molar refractivity (Wildman–Crippen MR) is 81.6 cm³/mol. The zero-order valence-electron chi connectivity index (χ0n) is 11.9. The van der Waals surface area contributed by atoms with Gasteiger partial charge in [0.05, 0.1) is 18.4 Å². The Labute approximate surface area is 126 Å². The Hall–Kier alpha value is -2.09. The van der Waals surface area contributed by atoms with Crippen molar-refractivity contribution >= 4 is 29.2 Å². The third-order valence-electron chi connectivity index (χ3n) is 3.38. The van der Waals surface area contributed by atoms with Crippen molar-refractivity contribution in [2.45, 2.75) is 5.03 Å². The molecule has 0 unspecified atom stereocenters. The molecule has 1 aliphatic rings. The highest BCUT2D eigenvalue weighted by atomic mass is 32.2. The zero-order valence-corrected chi connectivity index (χ0v) is 12.7. The van der Waals surface area contributed by atoms with Gasteiger partial charge in [0.1, 0.15) is 5.03 Å². The Bertz CT molecular complexity index is 640. The maximum absolute atomic E-state index is 12.3. The van der Waals surface area contributed by atoms with Gasteiger partial charge in [0.2, 0.25) is 5.91 Å². The highest BCUT2D eigenvalue weighted by Crippen LogP contribution is 2.20. The fraction of sp³-hybridized carbons (Fsp3) is 0.385. The molecule has 1 fully saturated rings. The van der Waals surface area contributed by atoms with E-state index < -0.39 is 0 Å². The van der Waals surface area contributed by atoms with Crippen LogP contribution in [0.2, 0.25) is 0 Å². The SMILES string of the molecule is CSc1ccc(N2CCN(c3cnn(C)c3)C(=O)C2)nn1. The first-order chi connectivity index (χ1) is 10.2. The van der Waals surface area contributed by atoms with E-state index in [9.17, 15) is 4.79 Å². The molecule has 0 bridgehead atoms. The van der Waals surface area contributed by atoms with Gasteiger partial charge < -0.3 is 9.80 Å². The Kier molecular flexibility index (Phi) is 3.78. The molecule has 21 heavy (non-hydrogen) atoms. The maximum Gasteiger partial charge on any atom is 0.246 e. The minimum Gasteiger partial charge on any atom is -0.344 e. The molecule has 3 heterocycles. The number of hydrogen-bond acceptors (Lipinski definition) is 6. The molecule has 0 spiro atoms. The lowest BCUT2D eigenvalue weighted by molar-refractivity contribution is -0.117. The van der Waals surface area contributed by atoms with Gasteiger partial charge in [-0.2, -0.15) is 5.10 Å². The van der Waals surface area contributed by atoms with E-state index in [2.05, 4.69) is 15.3 Å². The van der Waals surface area contributed by atoms with Crippen LogP contribution < -0.4 is 9.80 Å². The number of piperazine rings is 1. The third-order valence-corrected chi connectivity index (χ3v) is 4.02. The van der Waals surface area contributed by atoms with Gasteiger partial charge in [-0.15, -0.1) is 22.0 Å². The number of nitrogens with zero attached hydrogens (tertiary/aromatic N) is 6. The number of carbonyl (C=O) groups is 1. The molecule has 0 atom stereocenters. The number of carbonyl (C=O) groups excluding carboxylic acids is 1. The van der Waals surface area contributed by atoms with Gasteiger partial charge in [-0.05, 0) is 18.4 Å². The van der Waals surface area contributed by atoms with Gasteiger partial charge in [0.25, 0.3) is 0 Å². The van der Waals surface area contributed by atoms with Crippen LogP contribution in [0.3, 0.4) is 0 Å². The van der Waals surface area contributed by atoms with E-state index in [0.717, 1.165) is 23.1 Å². The molecule has 0 N–H and O–H groups in total. The average Bonchev–Trinajstić information content (AvgIpc) is 2.93. The van der Waals surface area contributed by atoms with Gasteiger partial charge in [-0.1, -0.05) is 0 Å². The van der Waals surface area contributed by atoms with E-state index in [0.29, 0.717) is 13.1 Å². The molecule has 7 nitrogen and oxygen atoms in total. The van der Waals surface area contributed by atoms with Crippen LogP contribution in [0, 0.1) is 0 Å². The molecule has 0 aromatic carbocycles. The minimum absolute atomic E-state index is 0.0463. The van der Waals surface area contributed by atoms with E-state index in [1.54, 1.807) is 27.5 Å². The highest BCUT2D eigenvalue weighted by molar-refractivity contribution is 7.98.